The van der Waals surface area contributed by atoms with Crippen molar-refractivity contribution >= 4 is 45.6 Å². The molecule has 0 aliphatic rings. The molecule has 0 bridgehead atoms. The molecule has 0 spiro atoms. The van der Waals surface area contributed by atoms with Gasteiger partial charge < -0.3 is 10.1 Å². The molecule has 0 aliphatic heterocycles. The summed E-state index contributed by atoms with van der Waals surface area (Å²) in [5.41, 5.74) is 1.09. The highest BCUT2D eigenvalue weighted by Crippen LogP contribution is 2.19. The summed E-state index contributed by atoms with van der Waals surface area (Å²) in [5, 5.41) is 7.54. The molecule has 2 heterocycles. The standard InChI is InChI=1S/C21H17ClN4O3S/c1-2-18-24-21-26(25-18)20(28)17(30-21)11-13-5-3-4-6-16(13)29-12-19(27)23-15-9-7-14(22)8-10-15/h3-11H,2,12H2,1H3,(H,23,27)/b17-11-. The molecular weight excluding hydrogens is 424 g/mol. The molecule has 0 aliphatic carbocycles. The normalized spacial score (nSPS) is 11.7. The van der Waals surface area contributed by atoms with Crippen LogP contribution in [0.1, 0.15) is 18.3 Å². The first-order valence-electron chi connectivity index (χ1n) is 9.21. The number of nitrogens with zero attached hydrogens (tertiary/aromatic N) is 3. The maximum atomic E-state index is 12.6. The molecule has 0 unspecified atom stereocenters. The number of aromatic nitrogens is 3. The zero-order valence-corrected chi connectivity index (χ0v) is 17.5. The minimum absolute atomic E-state index is 0.174. The number of hydrogen-bond donors (Lipinski definition) is 1. The van der Waals surface area contributed by atoms with E-state index in [0.717, 1.165) is 0 Å². The number of amides is 1. The van der Waals surface area contributed by atoms with Gasteiger partial charge >= 0.3 is 0 Å². The van der Waals surface area contributed by atoms with Crippen LogP contribution >= 0.6 is 22.9 Å². The molecule has 4 rings (SSSR count). The fourth-order valence-corrected chi connectivity index (χ4v) is 3.81. The second-order valence-electron chi connectivity index (χ2n) is 6.37. The lowest BCUT2D eigenvalue weighted by Gasteiger charge is -2.09. The monoisotopic (exact) mass is 440 g/mol. The van der Waals surface area contributed by atoms with Crippen LogP contribution in [0.25, 0.3) is 11.0 Å². The Kier molecular flexibility index (Phi) is 5.78. The maximum absolute atomic E-state index is 12.6. The van der Waals surface area contributed by atoms with Crippen molar-refractivity contribution in [2.75, 3.05) is 11.9 Å². The summed E-state index contributed by atoms with van der Waals surface area (Å²) < 4.78 is 7.51. The van der Waals surface area contributed by atoms with Gasteiger partial charge in [-0.15, -0.1) is 5.10 Å². The first kappa shape index (κ1) is 20.1. The average molecular weight is 441 g/mol. The highest BCUT2D eigenvalue weighted by atomic mass is 35.5. The number of halogens is 1. The van der Waals surface area contributed by atoms with Crippen LogP contribution in [0.15, 0.2) is 53.3 Å². The molecule has 7 nitrogen and oxygen atoms in total. The number of carbonyl (C=O) groups excluding carboxylic acids is 1. The largest absolute Gasteiger partial charge is 0.483 e. The van der Waals surface area contributed by atoms with E-state index in [-0.39, 0.29) is 18.1 Å². The first-order valence-corrected chi connectivity index (χ1v) is 10.4. The van der Waals surface area contributed by atoms with Gasteiger partial charge in [-0.1, -0.05) is 48.1 Å². The number of fused-ring (bicyclic) bond motifs is 1. The number of nitrogens with one attached hydrogen (secondary N) is 1. The third-order valence-corrected chi connectivity index (χ3v) is 5.45. The number of thiazole rings is 1. The lowest BCUT2D eigenvalue weighted by molar-refractivity contribution is -0.118. The van der Waals surface area contributed by atoms with E-state index in [0.29, 0.717) is 43.8 Å². The topological polar surface area (TPSA) is 85.6 Å². The number of ether oxygens (including phenoxy) is 1. The van der Waals surface area contributed by atoms with Gasteiger partial charge in [-0.2, -0.15) is 4.52 Å². The van der Waals surface area contributed by atoms with Gasteiger partial charge in [-0.3, -0.25) is 9.59 Å². The summed E-state index contributed by atoms with van der Waals surface area (Å²) in [5.74, 6) is 0.833. The third-order valence-electron chi connectivity index (χ3n) is 4.23. The number of hydrogen-bond acceptors (Lipinski definition) is 6. The van der Waals surface area contributed by atoms with Crippen LogP contribution in [-0.4, -0.2) is 27.1 Å². The highest BCUT2D eigenvalue weighted by molar-refractivity contribution is 7.15. The van der Waals surface area contributed by atoms with Crippen molar-refractivity contribution in [3.05, 3.63) is 79.8 Å². The minimum Gasteiger partial charge on any atom is -0.483 e. The maximum Gasteiger partial charge on any atom is 0.291 e. The lowest BCUT2D eigenvalue weighted by atomic mass is 10.2. The number of para-hydroxylation sites is 1. The Balaban J connectivity index is 1.53. The van der Waals surface area contributed by atoms with Crippen LogP contribution in [-0.2, 0) is 11.2 Å². The van der Waals surface area contributed by atoms with Crippen LogP contribution in [0, 0.1) is 0 Å². The Morgan fingerprint density at radius 2 is 2.00 bits per heavy atom. The van der Waals surface area contributed by atoms with Crippen molar-refractivity contribution in [1.29, 1.82) is 0 Å². The molecule has 2 aromatic carbocycles. The van der Waals surface area contributed by atoms with Crippen molar-refractivity contribution in [1.82, 2.24) is 14.6 Å². The Hall–Kier alpha value is -3.23. The SMILES string of the molecule is CCc1nc2s/c(=C\c3ccccc3OCC(=O)Nc3ccc(Cl)cc3)c(=O)n2n1. The molecule has 30 heavy (non-hydrogen) atoms. The quantitative estimate of drug-likeness (QED) is 0.498. The van der Waals surface area contributed by atoms with E-state index in [1.165, 1.54) is 15.9 Å². The van der Waals surface area contributed by atoms with Gasteiger partial charge in [0.15, 0.2) is 12.4 Å². The molecule has 0 saturated carbocycles. The fraction of sp³-hybridized carbons (Fsp3) is 0.143. The van der Waals surface area contributed by atoms with E-state index in [9.17, 15) is 9.59 Å². The fourth-order valence-electron chi connectivity index (χ4n) is 2.77. The van der Waals surface area contributed by atoms with Crippen LogP contribution in [0.3, 0.4) is 0 Å². The molecule has 0 atom stereocenters. The predicted molar refractivity (Wildman–Crippen MR) is 117 cm³/mol. The summed E-state index contributed by atoms with van der Waals surface area (Å²) in [6.07, 6.45) is 2.39. The zero-order chi connectivity index (χ0) is 21.1. The first-order chi connectivity index (χ1) is 14.5. The second-order valence-corrected chi connectivity index (χ2v) is 7.82. The predicted octanol–water partition coefficient (Wildman–Crippen LogP) is 2.93. The van der Waals surface area contributed by atoms with Crippen LogP contribution < -0.4 is 20.1 Å². The molecule has 0 saturated heterocycles. The number of aryl methyl sites for hydroxylation is 1. The van der Waals surface area contributed by atoms with Crippen LogP contribution in [0.4, 0.5) is 5.69 Å². The molecular formula is C21H17ClN4O3S. The summed E-state index contributed by atoms with van der Waals surface area (Å²) >= 11 is 7.11. The lowest BCUT2D eigenvalue weighted by Crippen LogP contribution is -2.24. The van der Waals surface area contributed by atoms with E-state index in [1.54, 1.807) is 42.5 Å². The van der Waals surface area contributed by atoms with Gasteiger partial charge in [0, 0.05) is 22.7 Å². The van der Waals surface area contributed by atoms with E-state index < -0.39 is 0 Å². The molecule has 2 aromatic heterocycles. The average Bonchev–Trinajstić information content (AvgIpc) is 3.28. The number of benzene rings is 2. The van der Waals surface area contributed by atoms with E-state index in [1.807, 2.05) is 19.1 Å². The Morgan fingerprint density at radius 1 is 1.23 bits per heavy atom. The van der Waals surface area contributed by atoms with Gasteiger partial charge in [0.2, 0.25) is 4.96 Å². The zero-order valence-electron chi connectivity index (χ0n) is 16.0. The smallest absolute Gasteiger partial charge is 0.291 e. The summed E-state index contributed by atoms with van der Waals surface area (Å²) in [6, 6.07) is 14.0. The van der Waals surface area contributed by atoms with E-state index in [2.05, 4.69) is 15.4 Å². The Morgan fingerprint density at radius 3 is 2.73 bits per heavy atom. The van der Waals surface area contributed by atoms with Crippen molar-refractivity contribution in [3.8, 4) is 5.75 Å². The molecule has 0 fully saturated rings. The molecule has 152 valence electrons. The minimum atomic E-state index is -0.303. The van der Waals surface area contributed by atoms with Gasteiger partial charge in [-0.05, 0) is 36.4 Å². The molecule has 4 aromatic rings. The van der Waals surface area contributed by atoms with Gasteiger partial charge in [-0.25, -0.2) is 4.98 Å². The van der Waals surface area contributed by atoms with Gasteiger partial charge in [0.25, 0.3) is 11.5 Å². The Bertz CT molecular complexity index is 1310. The molecule has 9 heteroatoms. The summed E-state index contributed by atoms with van der Waals surface area (Å²) in [7, 11) is 0. The van der Waals surface area contributed by atoms with Crippen molar-refractivity contribution in [2.24, 2.45) is 0 Å². The van der Waals surface area contributed by atoms with E-state index in [4.69, 9.17) is 16.3 Å². The second kappa shape index (κ2) is 8.64. The number of carbonyl (C=O) groups is 1. The van der Waals surface area contributed by atoms with Crippen molar-refractivity contribution < 1.29 is 9.53 Å². The number of rotatable bonds is 6. The Labute approximate surface area is 180 Å². The van der Waals surface area contributed by atoms with Crippen LogP contribution in [0.5, 0.6) is 5.75 Å². The van der Waals surface area contributed by atoms with Crippen molar-refractivity contribution in [2.45, 2.75) is 13.3 Å². The summed E-state index contributed by atoms with van der Waals surface area (Å²) in [4.78, 5) is 29.7. The summed E-state index contributed by atoms with van der Waals surface area (Å²) in [6.45, 7) is 1.76. The molecule has 1 amide bonds. The van der Waals surface area contributed by atoms with Gasteiger partial charge in [0.05, 0.1) is 4.53 Å². The van der Waals surface area contributed by atoms with Crippen LogP contribution in [0.2, 0.25) is 5.02 Å². The highest BCUT2D eigenvalue weighted by Gasteiger charge is 2.11. The molecule has 0 radical (unpaired) electrons. The number of anilines is 1. The third kappa shape index (κ3) is 4.34. The molecule has 1 N–H and O–H groups in total. The van der Waals surface area contributed by atoms with Crippen molar-refractivity contribution in [3.63, 3.8) is 0 Å². The van der Waals surface area contributed by atoms with Gasteiger partial charge in [0.1, 0.15) is 5.75 Å². The van der Waals surface area contributed by atoms with E-state index >= 15 is 0 Å².